The maximum Gasteiger partial charge on any atom is 0.419 e. The third-order valence-electron chi connectivity index (χ3n) is 3.64. The van der Waals surface area contributed by atoms with E-state index in [4.69, 9.17) is 16.3 Å². The Morgan fingerprint density at radius 1 is 1.20 bits per heavy atom. The summed E-state index contributed by atoms with van der Waals surface area (Å²) in [7, 11) is 0. The Kier molecular flexibility index (Phi) is 3.14. The number of ketones is 1. The monoisotopic (exact) mass is 302 g/mol. The van der Waals surface area contributed by atoms with Gasteiger partial charge in [0.05, 0.1) is 6.61 Å². The van der Waals surface area contributed by atoms with Crippen LogP contribution in [0.25, 0.3) is 0 Å². The van der Waals surface area contributed by atoms with E-state index < -0.39 is 29.6 Å². The standard InChI is InChI=1S/C14H10ClF3O2/c15-9-3-1-7(2-4-9)13-11-8(6-20-13)5-10(19)12(11)14(16,17)18/h1-4,8,13H,5-6H2. The molecule has 1 heterocycles. The zero-order valence-electron chi connectivity index (χ0n) is 10.2. The molecule has 1 aliphatic heterocycles. The van der Waals surface area contributed by atoms with Gasteiger partial charge in [-0.15, -0.1) is 0 Å². The molecule has 2 atom stereocenters. The molecule has 20 heavy (non-hydrogen) atoms. The predicted molar refractivity (Wildman–Crippen MR) is 66.3 cm³/mol. The number of halogens is 4. The molecule has 2 unspecified atom stereocenters. The van der Waals surface area contributed by atoms with Crippen molar-refractivity contribution in [3.05, 3.63) is 46.0 Å². The van der Waals surface area contributed by atoms with E-state index in [-0.39, 0.29) is 18.6 Å². The van der Waals surface area contributed by atoms with Gasteiger partial charge in [0.1, 0.15) is 11.7 Å². The number of allylic oxidation sites excluding steroid dienone is 1. The average Bonchev–Trinajstić information content (AvgIpc) is 2.86. The molecule has 0 amide bonds. The van der Waals surface area contributed by atoms with E-state index in [2.05, 4.69) is 0 Å². The summed E-state index contributed by atoms with van der Waals surface area (Å²) in [6.45, 7) is 0.147. The van der Waals surface area contributed by atoms with Gasteiger partial charge in [0.15, 0.2) is 5.78 Å². The van der Waals surface area contributed by atoms with E-state index in [1.165, 1.54) is 0 Å². The molecule has 1 aromatic rings. The largest absolute Gasteiger partial charge is 0.419 e. The van der Waals surface area contributed by atoms with Gasteiger partial charge in [0.25, 0.3) is 0 Å². The first-order valence-corrected chi connectivity index (χ1v) is 6.47. The van der Waals surface area contributed by atoms with Crippen molar-refractivity contribution in [2.45, 2.75) is 18.7 Å². The van der Waals surface area contributed by atoms with Gasteiger partial charge >= 0.3 is 6.18 Å². The lowest BCUT2D eigenvalue weighted by atomic mass is 9.94. The lowest BCUT2D eigenvalue weighted by Crippen LogP contribution is -2.19. The normalized spacial score (nSPS) is 26.3. The minimum absolute atomic E-state index is 0.0739. The summed E-state index contributed by atoms with van der Waals surface area (Å²) in [6.07, 6.45) is -5.55. The fraction of sp³-hybridized carbons (Fsp3) is 0.357. The Balaban J connectivity index is 2.07. The number of carbonyl (C=O) groups excluding carboxylic acids is 1. The van der Waals surface area contributed by atoms with Gasteiger partial charge in [-0.05, 0) is 23.3 Å². The Labute approximate surface area is 118 Å². The molecular formula is C14H10ClF3O2. The van der Waals surface area contributed by atoms with E-state index in [0.29, 0.717) is 10.6 Å². The number of fused-ring (bicyclic) bond motifs is 1. The molecular weight excluding hydrogens is 293 g/mol. The van der Waals surface area contributed by atoms with E-state index in [1.807, 2.05) is 0 Å². The van der Waals surface area contributed by atoms with Crippen LogP contribution in [0.3, 0.4) is 0 Å². The smallest absolute Gasteiger partial charge is 0.368 e. The number of rotatable bonds is 1. The van der Waals surface area contributed by atoms with Crippen molar-refractivity contribution in [3.63, 3.8) is 0 Å². The number of ether oxygens (including phenoxy) is 1. The van der Waals surface area contributed by atoms with Crippen molar-refractivity contribution in [3.8, 4) is 0 Å². The number of hydrogen-bond donors (Lipinski definition) is 0. The van der Waals surface area contributed by atoms with Gasteiger partial charge in [0.2, 0.25) is 0 Å². The fourth-order valence-electron chi connectivity index (χ4n) is 2.83. The van der Waals surface area contributed by atoms with Crippen molar-refractivity contribution in [1.29, 1.82) is 0 Å². The molecule has 1 fully saturated rings. The van der Waals surface area contributed by atoms with Gasteiger partial charge in [-0.25, -0.2) is 0 Å². The zero-order valence-corrected chi connectivity index (χ0v) is 11.0. The predicted octanol–water partition coefficient (Wildman–Crippen LogP) is 3.86. The zero-order chi connectivity index (χ0) is 14.5. The summed E-state index contributed by atoms with van der Waals surface area (Å²) in [4.78, 5) is 11.6. The molecule has 0 aromatic heterocycles. The van der Waals surface area contributed by atoms with Crippen molar-refractivity contribution >= 4 is 17.4 Å². The maximum atomic E-state index is 13.0. The summed E-state index contributed by atoms with van der Waals surface area (Å²) in [5.41, 5.74) is -0.367. The Bertz CT molecular complexity index is 589. The van der Waals surface area contributed by atoms with Crippen molar-refractivity contribution in [2.24, 2.45) is 5.92 Å². The van der Waals surface area contributed by atoms with Gasteiger partial charge in [-0.3, -0.25) is 4.79 Å². The molecule has 2 aliphatic rings. The van der Waals surface area contributed by atoms with E-state index in [9.17, 15) is 18.0 Å². The number of Topliss-reactive ketones (excluding diaryl/α,β-unsaturated/α-hetero) is 1. The van der Waals surface area contributed by atoms with Gasteiger partial charge < -0.3 is 4.74 Å². The highest BCUT2D eigenvalue weighted by molar-refractivity contribution is 6.30. The van der Waals surface area contributed by atoms with E-state index >= 15 is 0 Å². The highest BCUT2D eigenvalue weighted by Crippen LogP contribution is 2.50. The van der Waals surface area contributed by atoms with Crippen LogP contribution >= 0.6 is 11.6 Å². The third-order valence-corrected chi connectivity index (χ3v) is 3.89. The summed E-state index contributed by atoms with van der Waals surface area (Å²) in [6, 6.07) is 6.44. The second-order valence-corrected chi connectivity index (χ2v) is 5.35. The molecule has 0 N–H and O–H groups in total. The molecule has 2 nitrogen and oxygen atoms in total. The Hall–Kier alpha value is -1.33. The molecule has 1 aromatic carbocycles. The molecule has 0 radical (unpaired) electrons. The van der Waals surface area contributed by atoms with Crippen LogP contribution in [0.2, 0.25) is 5.02 Å². The number of carbonyl (C=O) groups is 1. The summed E-state index contributed by atoms with van der Waals surface area (Å²) in [5, 5.41) is 0.496. The first-order valence-electron chi connectivity index (χ1n) is 6.09. The van der Waals surface area contributed by atoms with Crippen LogP contribution in [0, 0.1) is 5.92 Å². The average molecular weight is 303 g/mol. The quantitative estimate of drug-likeness (QED) is 0.787. The molecule has 1 aliphatic carbocycles. The minimum atomic E-state index is -4.63. The maximum absolute atomic E-state index is 13.0. The first kappa shape index (κ1) is 13.6. The van der Waals surface area contributed by atoms with Crippen LogP contribution in [-0.2, 0) is 9.53 Å². The topological polar surface area (TPSA) is 26.3 Å². The lowest BCUT2D eigenvalue weighted by Gasteiger charge is -2.16. The van der Waals surface area contributed by atoms with Gasteiger partial charge in [-0.2, -0.15) is 13.2 Å². The SMILES string of the molecule is O=C1CC2COC(c3ccc(Cl)cc3)C2=C1C(F)(F)F. The molecule has 1 saturated heterocycles. The number of alkyl halides is 3. The molecule has 0 spiro atoms. The second-order valence-electron chi connectivity index (χ2n) is 4.92. The summed E-state index contributed by atoms with van der Waals surface area (Å²) < 4.78 is 44.6. The van der Waals surface area contributed by atoms with Gasteiger partial charge in [-0.1, -0.05) is 23.7 Å². The third kappa shape index (κ3) is 2.15. The summed E-state index contributed by atoms with van der Waals surface area (Å²) in [5.74, 6) is -1.29. The minimum Gasteiger partial charge on any atom is -0.368 e. The number of benzene rings is 1. The van der Waals surface area contributed by atoms with Crippen molar-refractivity contribution in [1.82, 2.24) is 0 Å². The first-order chi connectivity index (χ1) is 9.38. The van der Waals surface area contributed by atoms with Gasteiger partial charge in [0, 0.05) is 17.4 Å². The van der Waals surface area contributed by atoms with E-state index in [0.717, 1.165) is 0 Å². The van der Waals surface area contributed by atoms with Crippen LogP contribution in [0.15, 0.2) is 35.4 Å². The van der Waals surface area contributed by atoms with E-state index in [1.54, 1.807) is 24.3 Å². The summed E-state index contributed by atoms with van der Waals surface area (Å²) >= 11 is 5.77. The van der Waals surface area contributed by atoms with Crippen molar-refractivity contribution in [2.75, 3.05) is 6.61 Å². The fourth-order valence-corrected chi connectivity index (χ4v) is 2.96. The van der Waals surface area contributed by atoms with Crippen LogP contribution < -0.4 is 0 Å². The molecule has 0 bridgehead atoms. The molecule has 106 valence electrons. The lowest BCUT2D eigenvalue weighted by molar-refractivity contribution is -0.128. The molecule has 3 rings (SSSR count). The van der Waals surface area contributed by atoms with Crippen LogP contribution in [0.1, 0.15) is 18.1 Å². The highest BCUT2D eigenvalue weighted by atomic mass is 35.5. The van der Waals surface area contributed by atoms with Crippen molar-refractivity contribution < 1.29 is 22.7 Å². The highest BCUT2D eigenvalue weighted by Gasteiger charge is 2.51. The number of hydrogen-bond acceptors (Lipinski definition) is 2. The molecule has 6 heteroatoms. The van der Waals surface area contributed by atoms with Crippen LogP contribution in [-0.4, -0.2) is 18.6 Å². The second kappa shape index (κ2) is 4.60. The Morgan fingerprint density at radius 2 is 1.85 bits per heavy atom. The Morgan fingerprint density at radius 3 is 2.45 bits per heavy atom. The molecule has 0 saturated carbocycles. The van der Waals surface area contributed by atoms with Crippen LogP contribution in [0.4, 0.5) is 13.2 Å². The van der Waals surface area contributed by atoms with Crippen LogP contribution in [0.5, 0.6) is 0 Å².